The second-order valence-electron chi connectivity index (χ2n) is 1.81. The molecule has 0 aliphatic carbocycles. The van der Waals surface area contributed by atoms with E-state index in [4.69, 9.17) is 0 Å². The Labute approximate surface area is 77.0 Å². The molecule has 0 saturated heterocycles. The van der Waals surface area contributed by atoms with Crippen molar-refractivity contribution in [2.24, 2.45) is 0 Å². The summed E-state index contributed by atoms with van der Waals surface area (Å²) in [6.45, 7) is 0.650. The van der Waals surface area contributed by atoms with Crippen molar-refractivity contribution in [2.75, 3.05) is 11.9 Å². The second kappa shape index (κ2) is 4.46. The summed E-state index contributed by atoms with van der Waals surface area (Å²) in [5, 5.41) is 3.49. The molecule has 0 bridgehead atoms. The van der Waals surface area contributed by atoms with Crippen LogP contribution in [0, 0.1) is 0 Å². The van der Waals surface area contributed by atoms with E-state index in [0.29, 0.717) is 11.4 Å². The molecule has 1 heterocycles. The van der Waals surface area contributed by atoms with E-state index in [1.165, 1.54) is 11.3 Å². The number of carbonyl (C=O) groups excluding carboxylic acids is 1. The lowest BCUT2D eigenvalue weighted by Crippen LogP contribution is -2.24. The Bertz CT molecular complexity index is 224. The van der Waals surface area contributed by atoms with Crippen LogP contribution >= 0.6 is 27.3 Å². The van der Waals surface area contributed by atoms with Gasteiger partial charge in [-0.25, -0.2) is 0 Å². The topological polar surface area (TPSA) is 42.0 Å². The van der Waals surface area contributed by atoms with E-state index in [0.717, 1.165) is 5.33 Å². The Morgan fingerprint density at radius 3 is 3.18 bits per heavy atom. The number of aromatic nitrogens is 1. The van der Waals surface area contributed by atoms with Crippen LogP contribution in [0.4, 0.5) is 0 Å². The summed E-state index contributed by atoms with van der Waals surface area (Å²) in [6, 6.07) is 0. The van der Waals surface area contributed by atoms with E-state index in [9.17, 15) is 4.79 Å². The fourth-order valence-corrected chi connectivity index (χ4v) is 1.31. The number of hydrogen-bond acceptors (Lipinski definition) is 3. The van der Waals surface area contributed by atoms with E-state index >= 15 is 0 Å². The summed E-state index contributed by atoms with van der Waals surface area (Å²) >= 11 is 4.56. The van der Waals surface area contributed by atoms with Gasteiger partial charge in [0.1, 0.15) is 4.88 Å². The summed E-state index contributed by atoms with van der Waals surface area (Å²) in [5.41, 5.74) is 1.64. The van der Waals surface area contributed by atoms with Gasteiger partial charge in [-0.1, -0.05) is 15.9 Å². The third-order valence-corrected chi connectivity index (χ3v) is 2.20. The van der Waals surface area contributed by atoms with Crippen LogP contribution in [-0.4, -0.2) is 22.8 Å². The number of nitrogens with zero attached hydrogens (tertiary/aromatic N) is 1. The second-order valence-corrected chi connectivity index (χ2v) is 3.49. The SMILES string of the molecule is O=C(NCCBr)c1cncs1. The van der Waals surface area contributed by atoms with Gasteiger partial charge in [-0.3, -0.25) is 9.78 Å². The van der Waals surface area contributed by atoms with Crippen molar-refractivity contribution >= 4 is 33.2 Å². The van der Waals surface area contributed by atoms with Crippen molar-refractivity contribution in [1.29, 1.82) is 0 Å². The molecule has 3 nitrogen and oxygen atoms in total. The van der Waals surface area contributed by atoms with Gasteiger partial charge in [-0.05, 0) is 0 Å². The molecular formula is C6H7BrN2OS. The van der Waals surface area contributed by atoms with Gasteiger partial charge in [0.05, 0.1) is 11.7 Å². The molecule has 0 spiro atoms. The Morgan fingerprint density at radius 1 is 1.82 bits per heavy atom. The Hall–Kier alpha value is -0.420. The third-order valence-electron chi connectivity index (χ3n) is 1.04. The molecule has 0 aromatic carbocycles. The van der Waals surface area contributed by atoms with Gasteiger partial charge in [0.25, 0.3) is 5.91 Å². The van der Waals surface area contributed by atoms with Crippen LogP contribution < -0.4 is 5.32 Å². The number of amides is 1. The number of alkyl halides is 1. The van der Waals surface area contributed by atoms with Gasteiger partial charge in [-0.15, -0.1) is 11.3 Å². The largest absolute Gasteiger partial charge is 0.350 e. The summed E-state index contributed by atoms with van der Waals surface area (Å²) in [5.74, 6) is -0.0491. The fourth-order valence-electron chi connectivity index (χ4n) is 0.576. The quantitative estimate of drug-likeness (QED) is 0.801. The van der Waals surface area contributed by atoms with Crippen LogP contribution in [0.5, 0.6) is 0 Å². The highest BCUT2D eigenvalue weighted by atomic mass is 79.9. The van der Waals surface area contributed by atoms with Crippen molar-refractivity contribution in [3.05, 3.63) is 16.6 Å². The Kier molecular flexibility index (Phi) is 3.51. The van der Waals surface area contributed by atoms with Gasteiger partial charge in [-0.2, -0.15) is 0 Å². The molecule has 0 saturated carbocycles. The van der Waals surface area contributed by atoms with Gasteiger partial charge in [0.15, 0.2) is 0 Å². The number of carbonyl (C=O) groups is 1. The molecule has 1 aromatic rings. The summed E-state index contributed by atoms with van der Waals surface area (Å²) in [4.78, 5) is 15.6. The first-order chi connectivity index (χ1) is 5.34. The summed E-state index contributed by atoms with van der Waals surface area (Å²) < 4.78 is 0. The van der Waals surface area contributed by atoms with Crippen molar-refractivity contribution in [3.8, 4) is 0 Å². The van der Waals surface area contributed by atoms with Crippen molar-refractivity contribution in [2.45, 2.75) is 0 Å². The standard InChI is InChI=1S/C6H7BrN2OS/c7-1-2-9-6(10)5-3-8-4-11-5/h3-4H,1-2H2,(H,9,10). The van der Waals surface area contributed by atoms with Crippen molar-refractivity contribution < 1.29 is 4.79 Å². The minimum Gasteiger partial charge on any atom is -0.350 e. The van der Waals surface area contributed by atoms with E-state index in [-0.39, 0.29) is 5.91 Å². The van der Waals surface area contributed by atoms with Gasteiger partial charge in [0, 0.05) is 11.9 Å². The van der Waals surface area contributed by atoms with Crippen LogP contribution in [0.15, 0.2) is 11.7 Å². The average molecular weight is 235 g/mol. The molecule has 1 aromatic heterocycles. The molecule has 0 radical (unpaired) electrons. The lowest BCUT2D eigenvalue weighted by atomic mass is 10.5. The molecule has 0 atom stereocenters. The predicted octanol–water partition coefficient (Wildman–Crippen LogP) is 1.27. The molecule has 0 aliphatic rings. The molecule has 0 fully saturated rings. The lowest BCUT2D eigenvalue weighted by molar-refractivity contribution is 0.0960. The first-order valence-electron chi connectivity index (χ1n) is 3.07. The number of thiazole rings is 1. The van der Waals surface area contributed by atoms with Gasteiger partial charge in [0.2, 0.25) is 0 Å². The van der Waals surface area contributed by atoms with Crippen molar-refractivity contribution in [1.82, 2.24) is 10.3 Å². The highest BCUT2D eigenvalue weighted by Gasteiger charge is 2.04. The van der Waals surface area contributed by atoms with E-state index < -0.39 is 0 Å². The third kappa shape index (κ3) is 2.59. The smallest absolute Gasteiger partial charge is 0.263 e. The molecule has 1 rings (SSSR count). The summed E-state index contributed by atoms with van der Waals surface area (Å²) in [6.07, 6.45) is 1.56. The van der Waals surface area contributed by atoms with Gasteiger partial charge < -0.3 is 5.32 Å². The van der Waals surface area contributed by atoms with E-state index in [2.05, 4.69) is 26.2 Å². The normalized spacial score (nSPS) is 9.55. The minimum atomic E-state index is -0.0491. The monoisotopic (exact) mass is 234 g/mol. The molecule has 0 aliphatic heterocycles. The number of hydrogen-bond donors (Lipinski definition) is 1. The van der Waals surface area contributed by atoms with E-state index in [1.54, 1.807) is 11.7 Å². The number of halogens is 1. The lowest BCUT2D eigenvalue weighted by Gasteiger charge is -1.97. The zero-order valence-electron chi connectivity index (χ0n) is 5.71. The molecule has 5 heteroatoms. The summed E-state index contributed by atoms with van der Waals surface area (Å²) in [7, 11) is 0. The maximum absolute atomic E-state index is 11.1. The van der Waals surface area contributed by atoms with Crippen LogP contribution in [0.2, 0.25) is 0 Å². The van der Waals surface area contributed by atoms with Crippen LogP contribution in [-0.2, 0) is 0 Å². The highest BCUT2D eigenvalue weighted by Crippen LogP contribution is 2.03. The number of rotatable bonds is 3. The predicted molar refractivity (Wildman–Crippen MR) is 48.2 cm³/mol. The minimum absolute atomic E-state index is 0.0491. The van der Waals surface area contributed by atoms with Crippen LogP contribution in [0.25, 0.3) is 0 Å². The first-order valence-corrected chi connectivity index (χ1v) is 5.07. The van der Waals surface area contributed by atoms with Gasteiger partial charge >= 0.3 is 0 Å². The number of nitrogens with one attached hydrogen (secondary N) is 1. The Morgan fingerprint density at radius 2 is 2.64 bits per heavy atom. The Balaban J connectivity index is 2.43. The molecule has 1 amide bonds. The van der Waals surface area contributed by atoms with E-state index in [1.807, 2.05) is 0 Å². The fraction of sp³-hybridized carbons (Fsp3) is 0.333. The molecule has 11 heavy (non-hydrogen) atoms. The molecule has 1 N–H and O–H groups in total. The zero-order valence-corrected chi connectivity index (χ0v) is 8.11. The first kappa shape index (κ1) is 8.67. The molecule has 60 valence electrons. The molecular weight excluding hydrogens is 228 g/mol. The maximum atomic E-state index is 11.1. The molecule has 0 unspecified atom stereocenters. The highest BCUT2D eigenvalue weighted by molar-refractivity contribution is 9.09. The average Bonchev–Trinajstić information content (AvgIpc) is 2.52. The zero-order chi connectivity index (χ0) is 8.10. The van der Waals surface area contributed by atoms with Crippen molar-refractivity contribution in [3.63, 3.8) is 0 Å². The van der Waals surface area contributed by atoms with Crippen LogP contribution in [0.3, 0.4) is 0 Å². The van der Waals surface area contributed by atoms with Crippen LogP contribution in [0.1, 0.15) is 9.67 Å². The maximum Gasteiger partial charge on any atom is 0.263 e.